The van der Waals surface area contributed by atoms with E-state index in [2.05, 4.69) is 16.1 Å². The second-order valence-corrected chi connectivity index (χ2v) is 5.22. The van der Waals surface area contributed by atoms with Crippen molar-refractivity contribution in [1.82, 2.24) is 9.66 Å². The van der Waals surface area contributed by atoms with Gasteiger partial charge in [0.2, 0.25) is 0 Å². The van der Waals surface area contributed by atoms with Crippen LogP contribution in [0.15, 0.2) is 67.3 Å². The zero-order valence-electron chi connectivity index (χ0n) is 12.1. The maximum atomic E-state index is 8.92. The van der Waals surface area contributed by atoms with Crippen LogP contribution in [-0.2, 0) is 6.54 Å². The lowest BCUT2D eigenvalue weighted by molar-refractivity contribution is 0.688. The molecule has 2 aromatic carbocycles. The smallest absolute Gasteiger partial charge is 0.114 e. The molecule has 0 amide bonds. The minimum absolute atomic E-state index is 0. The number of benzene rings is 2. The average molecular weight is 345 g/mol. The van der Waals surface area contributed by atoms with Crippen LogP contribution >= 0.6 is 24.0 Å². The van der Waals surface area contributed by atoms with Crippen LogP contribution in [0.4, 0.5) is 5.69 Å². The molecule has 0 N–H and O–H groups in total. The third-order valence-electron chi connectivity index (χ3n) is 3.31. The normalized spacial score (nSPS) is 9.74. The minimum Gasteiger partial charge on any atom is -0.276 e. The van der Waals surface area contributed by atoms with Crippen LogP contribution in [-0.4, -0.2) is 9.66 Å². The molecule has 0 radical (unpaired) electrons. The zero-order valence-corrected chi connectivity index (χ0v) is 13.7. The van der Waals surface area contributed by atoms with Crippen molar-refractivity contribution >= 4 is 29.7 Å². The Morgan fingerprint density at radius 1 is 1.09 bits per heavy atom. The van der Waals surface area contributed by atoms with E-state index < -0.39 is 0 Å². The molecule has 0 fully saturated rings. The van der Waals surface area contributed by atoms with Crippen molar-refractivity contribution in [2.75, 3.05) is 5.01 Å². The van der Waals surface area contributed by atoms with Crippen molar-refractivity contribution in [2.24, 2.45) is 0 Å². The van der Waals surface area contributed by atoms with Crippen LogP contribution in [0.5, 0.6) is 0 Å². The van der Waals surface area contributed by atoms with Gasteiger partial charge in [-0.3, -0.25) is 5.01 Å². The van der Waals surface area contributed by atoms with Crippen molar-refractivity contribution < 1.29 is 0 Å². The summed E-state index contributed by atoms with van der Waals surface area (Å²) in [5.74, 6) is 0. The first-order valence-corrected chi connectivity index (χ1v) is 7.14. The van der Waals surface area contributed by atoms with Gasteiger partial charge in [0.25, 0.3) is 0 Å². The Kier molecular flexibility index (Phi) is 5.64. The molecule has 0 atom stereocenters. The van der Waals surface area contributed by atoms with Gasteiger partial charge >= 0.3 is 0 Å². The van der Waals surface area contributed by atoms with Gasteiger partial charge in [-0.05, 0) is 42.0 Å². The van der Waals surface area contributed by atoms with Crippen molar-refractivity contribution in [3.05, 3.63) is 83.4 Å². The lowest BCUT2D eigenvalue weighted by Gasteiger charge is -2.25. The van der Waals surface area contributed by atoms with Gasteiger partial charge in [-0.2, -0.15) is 5.26 Å². The zero-order chi connectivity index (χ0) is 15.4. The Bertz CT molecular complexity index is 775. The van der Waals surface area contributed by atoms with Crippen LogP contribution in [0.2, 0.25) is 5.02 Å². The van der Waals surface area contributed by atoms with Gasteiger partial charge in [-0.25, -0.2) is 9.66 Å². The van der Waals surface area contributed by atoms with E-state index in [1.807, 2.05) is 47.3 Å². The lowest BCUT2D eigenvalue weighted by atomic mass is 10.2. The number of imidazole rings is 1. The van der Waals surface area contributed by atoms with Gasteiger partial charge in [0.1, 0.15) is 6.33 Å². The average Bonchev–Trinajstić information content (AvgIpc) is 3.09. The Hall–Kier alpha value is -2.48. The number of aromatic nitrogens is 2. The summed E-state index contributed by atoms with van der Waals surface area (Å²) in [6, 6.07) is 17.3. The van der Waals surface area contributed by atoms with E-state index in [9.17, 15) is 0 Å². The number of nitriles is 1. The second kappa shape index (κ2) is 7.68. The van der Waals surface area contributed by atoms with Crippen molar-refractivity contribution in [3.63, 3.8) is 0 Å². The van der Waals surface area contributed by atoms with Gasteiger partial charge in [0, 0.05) is 17.4 Å². The molecule has 0 aliphatic rings. The maximum absolute atomic E-state index is 8.92. The third kappa shape index (κ3) is 4.04. The number of nitrogens with zero attached hydrogens (tertiary/aromatic N) is 4. The number of hydrogen-bond donors (Lipinski definition) is 0. The van der Waals surface area contributed by atoms with Gasteiger partial charge in [0.05, 0.1) is 23.9 Å². The fourth-order valence-corrected chi connectivity index (χ4v) is 2.30. The van der Waals surface area contributed by atoms with E-state index in [1.54, 1.807) is 24.7 Å². The molecule has 0 bridgehead atoms. The Labute approximate surface area is 145 Å². The standard InChI is InChI=1S/C17H13ClN4.ClH/c18-16-5-1-15(2-6-16)12-22(21-10-9-20-13-21)17-7-3-14(11-19)4-8-17;/h1-10,13H,12H2;1H. The predicted molar refractivity (Wildman–Crippen MR) is 93.7 cm³/mol. The molecule has 23 heavy (non-hydrogen) atoms. The molecule has 1 aromatic heterocycles. The van der Waals surface area contributed by atoms with Crippen LogP contribution in [0.25, 0.3) is 0 Å². The first-order chi connectivity index (χ1) is 10.8. The fraction of sp³-hybridized carbons (Fsp3) is 0.0588. The highest BCUT2D eigenvalue weighted by Crippen LogP contribution is 2.20. The summed E-state index contributed by atoms with van der Waals surface area (Å²) in [5.41, 5.74) is 2.75. The molecule has 3 aromatic rings. The molecule has 6 heteroatoms. The summed E-state index contributed by atoms with van der Waals surface area (Å²) in [6.45, 7) is 0.666. The molecule has 116 valence electrons. The van der Waals surface area contributed by atoms with Gasteiger partial charge < -0.3 is 0 Å². The van der Waals surface area contributed by atoms with Crippen molar-refractivity contribution in [1.29, 1.82) is 5.26 Å². The molecule has 3 rings (SSSR count). The largest absolute Gasteiger partial charge is 0.276 e. The summed E-state index contributed by atoms with van der Waals surface area (Å²) in [5, 5.41) is 11.7. The molecule has 1 heterocycles. The molecule has 0 aliphatic heterocycles. The van der Waals surface area contributed by atoms with Gasteiger partial charge in [-0.1, -0.05) is 23.7 Å². The summed E-state index contributed by atoms with van der Waals surface area (Å²) < 4.78 is 1.91. The molecular formula is C17H14Cl2N4. The lowest BCUT2D eigenvalue weighted by Crippen LogP contribution is -2.27. The quantitative estimate of drug-likeness (QED) is 0.708. The second-order valence-electron chi connectivity index (χ2n) is 4.79. The maximum Gasteiger partial charge on any atom is 0.114 e. The topological polar surface area (TPSA) is 44.9 Å². The van der Waals surface area contributed by atoms with Crippen LogP contribution in [0.1, 0.15) is 11.1 Å². The SMILES string of the molecule is Cl.N#Cc1ccc(N(Cc2ccc(Cl)cc2)n2ccnc2)cc1. The molecule has 0 aliphatic carbocycles. The molecule has 0 saturated carbocycles. The Balaban J connectivity index is 0.00000192. The van der Waals surface area contributed by atoms with Crippen molar-refractivity contribution in [3.8, 4) is 6.07 Å². The van der Waals surface area contributed by atoms with E-state index in [0.29, 0.717) is 12.1 Å². The first kappa shape index (κ1) is 16.9. The summed E-state index contributed by atoms with van der Waals surface area (Å²) >= 11 is 5.94. The highest BCUT2D eigenvalue weighted by Gasteiger charge is 2.09. The predicted octanol–water partition coefficient (Wildman–Crippen LogP) is 4.30. The highest BCUT2D eigenvalue weighted by atomic mass is 35.5. The summed E-state index contributed by atoms with van der Waals surface area (Å²) in [4.78, 5) is 4.11. The monoisotopic (exact) mass is 344 g/mol. The molecule has 4 nitrogen and oxygen atoms in total. The highest BCUT2D eigenvalue weighted by molar-refractivity contribution is 6.30. The van der Waals surface area contributed by atoms with Crippen LogP contribution < -0.4 is 5.01 Å². The Morgan fingerprint density at radius 2 is 1.78 bits per heavy atom. The molecule has 0 saturated heterocycles. The molecular weight excluding hydrogens is 331 g/mol. The van der Waals surface area contributed by atoms with E-state index in [4.69, 9.17) is 16.9 Å². The van der Waals surface area contributed by atoms with E-state index in [-0.39, 0.29) is 12.4 Å². The number of halogens is 2. The number of hydrogen-bond acceptors (Lipinski definition) is 3. The minimum atomic E-state index is 0. The van der Waals surface area contributed by atoms with Crippen molar-refractivity contribution in [2.45, 2.75) is 6.54 Å². The summed E-state index contributed by atoms with van der Waals surface area (Å²) in [7, 11) is 0. The third-order valence-corrected chi connectivity index (χ3v) is 3.56. The van der Waals surface area contributed by atoms with E-state index in [0.717, 1.165) is 16.3 Å². The molecule has 0 spiro atoms. The van der Waals surface area contributed by atoms with Gasteiger partial charge in [0.15, 0.2) is 0 Å². The number of rotatable bonds is 4. The Morgan fingerprint density at radius 3 is 2.35 bits per heavy atom. The summed E-state index contributed by atoms with van der Waals surface area (Å²) in [6.07, 6.45) is 5.36. The van der Waals surface area contributed by atoms with Crippen LogP contribution in [0.3, 0.4) is 0 Å². The molecule has 0 unspecified atom stereocenters. The van der Waals surface area contributed by atoms with E-state index >= 15 is 0 Å². The first-order valence-electron chi connectivity index (χ1n) is 6.76. The number of anilines is 1. The fourth-order valence-electron chi connectivity index (χ4n) is 2.17. The van der Waals surface area contributed by atoms with E-state index in [1.165, 1.54) is 0 Å². The van der Waals surface area contributed by atoms with Gasteiger partial charge in [-0.15, -0.1) is 12.4 Å². The van der Waals surface area contributed by atoms with Crippen LogP contribution in [0, 0.1) is 11.3 Å².